The first-order valence-electron chi connectivity index (χ1n) is 5.19. The molecule has 0 saturated carbocycles. The second kappa shape index (κ2) is 5.83. The lowest BCUT2D eigenvalue weighted by molar-refractivity contribution is 0.225. The van der Waals surface area contributed by atoms with E-state index >= 15 is 0 Å². The van der Waals surface area contributed by atoms with Gasteiger partial charge in [0, 0.05) is 24.7 Å². The van der Waals surface area contributed by atoms with Gasteiger partial charge in [-0.1, -0.05) is 13.3 Å². The lowest BCUT2D eigenvalue weighted by Gasteiger charge is -2.25. The molecule has 2 N–H and O–H groups in total. The highest BCUT2D eigenvalue weighted by atomic mass is 16.3. The van der Waals surface area contributed by atoms with Gasteiger partial charge in [-0.15, -0.1) is 0 Å². The fourth-order valence-electron chi connectivity index (χ4n) is 1.65. The Morgan fingerprint density at radius 1 is 1.57 bits per heavy atom. The smallest absolute Gasteiger partial charge is 0.0947 e. The largest absolute Gasteiger partial charge is 0.472 e. The third kappa shape index (κ3) is 3.16. The number of likely N-dealkylation sites (N-methyl/N-ethyl adjacent to an activating group) is 1. The third-order valence-corrected chi connectivity index (χ3v) is 2.53. The van der Waals surface area contributed by atoms with Gasteiger partial charge in [0.1, 0.15) is 0 Å². The van der Waals surface area contributed by atoms with Crippen LogP contribution in [0.3, 0.4) is 0 Å². The lowest BCUT2D eigenvalue weighted by Crippen LogP contribution is -2.37. The van der Waals surface area contributed by atoms with Crippen LogP contribution in [0.15, 0.2) is 23.0 Å². The highest BCUT2D eigenvalue weighted by molar-refractivity contribution is 5.04. The Morgan fingerprint density at radius 3 is 2.86 bits per heavy atom. The Bertz CT molecular complexity index is 233. The topological polar surface area (TPSA) is 42.4 Å². The minimum atomic E-state index is 0.481. The quantitative estimate of drug-likeness (QED) is 0.755. The second-order valence-corrected chi connectivity index (χ2v) is 3.72. The molecule has 1 atom stereocenters. The highest BCUT2D eigenvalue weighted by Gasteiger charge is 2.12. The molecule has 0 radical (unpaired) electrons. The van der Waals surface area contributed by atoms with Crippen molar-refractivity contribution in [1.82, 2.24) is 4.90 Å². The number of rotatable bonds is 6. The number of hydrogen-bond donors (Lipinski definition) is 1. The molecule has 14 heavy (non-hydrogen) atoms. The summed E-state index contributed by atoms with van der Waals surface area (Å²) in [5.41, 5.74) is 6.93. The van der Waals surface area contributed by atoms with Gasteiger partial charge in [0.25, 0.3) is 0 Å². The van der Waals surface area contributed by atoms with E-state index in [0.717, 1.165) is 19.5 Å². The summed E-state index contributed by atoms with van der Waals surface area (Å²) in [7, 11) is 2.11. The molecule has 1 rings (SSSR count). The SMILES string of the molecule is CCCC(CN)N(C)Cc1ccoc1. The number of nitrogens with two attached hydrogens (primary N) is 1. The van der Waals surface area contributed by atoms with Crippen molar-refractivity contribution in [2.75, 3.05) is 13.6 Å². The Balaban J connectivity index is 2.43. The predicted octanol–water partition coefficient (Wildman–Crippen LogP) is 1.84. The van der Waals surface area contributed by atoms with Gasteiger partial charge in [-0.3, -0.25) is 4.90 Å². The van der Waals surface area contributed by atoms with Crippen LogP contribution in [0.4, 0.5) is 0 Å². The summed E-state index contributed by atoms with van der Waals surface area (Å²) in [6.07, 6.45) is 5.83. The lowest BCUT2D eigenvalue weighted by atomic mass is 10.1. The molecule has 0 aliphatic carbocycles. The maximum absolute atomic E-state index is 5.72. The first kappa shape index (κ1) is 11.3. The summed E-state index contributed by atoms with van der Waals surface area (Å²) in [5, 5.41) is 0. The summed E-state index contributed by atoms with van der Waals surface area (Å²) in [5.74, 6) is 0. The van der Waals surface area contributed by atoms with Crippen LogP contribution in [-0.4, -0.2) is 24.5 Å². The van der Waals surface area contributed by atoms with Crippen molar-refractivity contribution in [2.24, 2.45) is 5.73 Å². The predicted molar refractivity (Wildman–Crippen MR) is 57.9 cm³/mol. The monoisotopic (exact) mass is 196 g/mol. The average Bonchev–Trinajstić information content (AvgIpc) is 2.66. The Morgan fingerprint density at radius 2 is 2.36 bits per heavy atom. The molecular formula is C11H20N2O. The molecule has 3 nitrogen and oxygen atoms in total. The summed E-state index contributed by atoms with van der Waals surface area (Å²) < 4.78 is 5.03. The Kier molecular flexibility index (Phi) is 4.70. The van der Waals surface area contributed by atoms with Gasteiger partial charge < -0.3 is 10.2 Å². The number of nitrogens with zero attached hydrogens (tertiary/aromatic N) is 1. The van der Waals surface area contributed by atoms with Gasteiger partial charge in [-0.05, 0) is 19.5 Å². The maximum atomic E-state index is 5.72. The molecule has 0 amide bonds. The molecule has 0 fully saturated rings. The summed E-state index contributed by atoms with van der Waals surface area (Å²) in [4.78, 5) is 2.29. The van der Waals surface area contributed by atoms with E-state index in [9.17, 15) is 0 Å². The van der Waals surface area contributed by atoms with Crippen LogP contribution in [0.2, 0.25) is 0 Å². The van der Waals surface area contributed by atoms with E-state index in [1.807, 2.05) is 6.07 Å². The highest BCUT2D eigenvalue weighted by Crippen LogP contribution is 2.09. The minimum Gasteiger partial charge on any atom is -0.472 e. The van der Waals surface area contributed by atoms with Crippen molar-refractivity contribution < 1.29 is 4.42 Å². The molecule has 1 heterocycles. The molecule has 1 aromatic heterocycles. The van der Waals surface area contributed by atoms with Gasteiger partial charge >= 0.3 is 0 Å². The van der Waals surface area contributed by atoms with Crippen LogP contribution in [0, 0.1) is 0 Å². The fraction of sp³-hybridized carbons (Fsp3) is 0.636. The molecular weight excluding hydrogens is 176 g/mol. The van der Waals surface area contributed by atoms with Crippen molar-refractivity contribution in [3.63, 3.8) is 0 Å². The molecule has 80 valence electrons. The van der Waals surface area contributed by atoms with Gasteiger partial charge in [-0.2, -0.15) is 0 Å². The zero-order chi connectivity index (χ0) is 10.4. The minimum absolute atomic E-state index is 0.481. The van der Waals surface area contributed by atoms with E-state index in [1.54, 1.807) is 12.5 Å². The van der Waals surface area contributed by atoms with Crippen LogP contribution < -0.4 is 5.73 Å². The van der Waals surface area contributed by atoms with Crippen LogP contribution in [-0.2, 0) is 6.54 Å². The molecule has 0 aromatic carbocycles. The second-order valence-electron chi connectivity index (χ2n) is 3.72. The van der Waals surface area contributed by atoms with Gasteiger partial charge in [0.15, 0.2) is 0 Å². The van der Waals surface area contributed by atoms with E-state index in [1.165, 1.54) is 12.0 Å². The Hall–Kier alpha value is -0.800. The van der Waals surface area contributed by atoms with E-state index < -0.39 is 0 Å². The Labute approximate surface area is 85.9 Å². The van der Waals surface area contributed by atoms with Crippen LogP contribution >= 0.6 is 0 Å². The van der Waals surface area contributed by atoms with Crippen molar-refractivity contribution in [3.8, 4) is 0 Å². The molecule has 1 aromatic rings. The zero-order valence-electron chi connectivity index (χ0n) is 9.07. The van der Waals surface area contributed by atoms with Gasteiger partial charge in [0.2, 0.25) is 0 Å². The van der Waals surface area contributed by atoms with Gasteiger partial charge in [0.05, 0.1) is 12.5 Å². The number of furan rings is 1. The molecule has 1 unspecified atom stereocenters. The zero-order valence-corrected chi connectivity index (χ0v) is 9.07. The third-order valence-electron chi connectivity index (χ3n) is 2.53. The van der Waals surface area contributed by atoms with Crippen molar-refractivity contribution in [2.45, 2.75) is 32.4 Å². The first-order valence-corrected chi connectivity index (χ1v) is 5.19. The summed E-state index contributed by atoms with van der Waals surface area (Å²) in [6.45, 7) is 3.83. The fourth-order valence-corrected chi connectivity index (χ4v) is 1.65. The van der Waals surface area contributed by atoms with Gasteiger partial charge in [-0.25, -0.2) is 0 Å². The van der Waals surface area contributed by atoms with Crippen LogP contribution in [0.25, 0.3) is 0 Å². The van der Waals surface area contributed by atoms with E-state index in [-0.39, 0.29) is 0 Å². The van der Waals surface area contributed by atoms with E-state index in [4.69, 9.17) is 10.2 Å². The van der Waals surface area contributed by atoms with Crippen molar-refractivity contribution in [3.05, 3.63) is 24.2 Å². The normalized spacial score (nSPS) is 13.4. The number of hydrogen-bond acceptors (Lipinski definition) is 3. The molecule has 0 aliphatic rings. The van der Waals surface area contributed by atoms with Crippen molar-refractivity contribution in [1.29, 1.82) is 0 Å². The molecule has 0 spiro atoms. The van der Waals surface area contributed by atoms with Crippen molar-refractivity contribution >= 4 is 0 Å². The van der Waals surface area contributed by atoms with E-state index in [0.29, 0.717) is 6.04 Å². The first-order chi connectivity index (χ1) is 6.77. The van der Waals surface area contributed by atoms with Crippen LogP contribution in [0.1, 0.15) is 25.3 Å². The summed E-state index contributed by atoms with van der Waals surface area (Å²) >= 11 is 0. The molecule has 3 heteroatoms. The maximum Gasteiger partial charge on any atom is 0.0947 e. The van der Waals surface area contributed by atoms with E-state index in [2.05, 4.69) is 18.9 Å². The average molecular weight is 196 g/mol. The van der Waals surface area contributed by atoms with Crippen LogP contribution in [0.5, 0.6) is 0 Å². The molecule has 0 bridgehead atoms. The standard InChI is InChI=1S/C11H20N2O/c1-3-4-11(7-12)13(2)8-10-5-6-14-9-10/h5-6,9,11H,3-4,7-8,12H2,1-2H3. The summed E-state index contributed by atoms with van der Waals surface area (Å²) in [6, 6.07) is 2.48. The molecule has 0 aliphatic heterocycles. The molecule has 0 saturated heterocycles.